The molecule has 6 nitrogen and oxygen atoms in total. The van der Waals surface area contributed by atoms with E-state index in [-0.39, 0.29) is 5.91 Å². The summed E-state index contributed by atoms with van der Waals surface area (Å²) < 4.78 is 7.68. The maximum absolute atomic E-state index is 12.4. The van der Waals surface area contributed by atoms with Crippen molar-refractivity contribution in [2.45, 2.75) is 0 Å². The number of nitrogens with zero attached hydrogens (tertiary/aromatic N) is 3. The van der Waals surface area contributed by atoms with Crippen LogP contribution in [0.15, 0.2) is 47.5 Å². The molecule has 0 aliphatic rings. The topological polar surface area (TPSA) is 68.5 Å². The first kappa shape index (κ1) is 13.6. The molecule has 0 saturated carbocycles. The zero-order chi connectivity index (χ0) is 14.8. The van der Waals surface area contributed by atoms with Gasteiger partial charge in [-0.05, 0) is 18.2 Å². The predicted octanol–water partition coefficient (Wildman–Crippen LogP) is 2.75. The van der Waals surface area contributed by atoms with Crippen molar-refractivity contribution in [2.75, 3.05) is 12.4 Å². The third-order valence-corrected chi connectivity index (χ3v) is 3.47. The van der Waals surface area contributed by atoms with E-state index in [2.05, 4.69) is 31.3 Å². The summed E-state index contributed by atoms with van der Waals surface area (Å²) in [6.07, 6.45) is 6.40. The number of anilines is 1. The van der Waals surface area contributed by atoms with Gasteiger partial charge in [-0.2, -0.15) is 5.10 Å². The van der Waals surface area contributed by atoms with E-state index in [4.69, 9.17) is 4.74 Å². The SMILES string of the molecule is COc1ccc(Br)cc1NC(=O)c1cnn2ccncc12. The fourth-order valence-electron chi connectivity index (χ4n) is 1.98. The zero-order valence-electron chi connectivity index (χ0n) is 11.1. The second kappa shape index (κ2) is 5.53. The molecule has 1 aromatic carbocycles. The van der Waals surface area contributed by atoms with E-state index < -0.39 is 0 Å². The quantitative estimate of drug-likeness (QED) is 0.791. The molecule has 7 heteroatoms. The van der Waals surface area contributed by atoms with Crippen molar-refractivity contribution in [3.8, 4) is 5.75 Å². The van der Waals surface area contributed by atoms with Crippen LogP contribution in [0.3, 0.4) is 0 Å². The number of rotatable bonds is 3. The zero-order valence-corrected chi connectivity index (χ0v) is 12.7. The summed E-state index contributed by atoms with van der Waals surface area (Å²) in [6, 6.07) is 5.39. The Hall–Kier alpha value is -2.41. The largest absolute Gasteiger partial charge is 0.495 e. The van der Waals surface area contributed by atoms with E-state index in [1.165, 1.54) is 6.20 Å². The van der Waals surface area contributed by atoms with Crippen molar-refractivity contribution in [3.05, 3.63) is 53.0 Å². The Morgan fingerprint density at radius 2 is 2.24 bits per heavy atom. The smallest absolute Gasteiger partial charge is 0.259 e. The normalized spacial score (nSPS) is 10.6. The lowest BCUT2D eigenvalue weighted by Gasteiger charge is -2.10. The number of methoxy groups -OCH3 is 1. The minimum absolute atomic E-state index is 0.269. The molecule has 0 aliphatic heterocycles. The first-order chi connectivity index (χ1) is 10.2. The van der Waals surface area contributed by atoms with E-state index in [0.717, 1.165) is 4.47 Å². The van der Waals surface area contributed by atoms with Crippen LogP contribution in [0.2, 0.25) is 0 Å². The molecule has 3 aromatic rings. The molecule has 0 spiro atoms. The van der Waals surface area contributed by atoms with Crippen molar-refractivity contribution in [2.24, 2.45) is 0 Å². The van der Waals surface area contributed by atoms with Crippen LogP contribution >= 0.6 is 15.9 Å². The van der Waals surface area contributed by atoms with Gasteiger partial charge in [0.1, 0.15) is 5.75 Å². The molecule has 1 amide bonds. The molecule has 0 saturated heterocycles. The molecular formula is C14H11BrN4O2. The number of carbonyl (C=O) groups excluding carboxylic acids is 1. The monoisotopic (exact) mass is 346 g/mol. The van der Waals surface area contributed by atoms with E-state index in [1.807, 2.05) is 6.07 Å². The van der Waals surface area contributed by atoms with E-state index in [0.29, 0.717) is 22.5 Å². The third kappa shape index (κ3) is 2.59. The summed E-state index contributed by atoms with van der Waals surface area (Å²) in [6.45, 7) is 0. The molecule has 1 N–H and O–H groups in total. The Kier molecular flexibility index (Phi) is 3.57. The minimum atomic E-state index is -0.269. The lowest BCUT2D eigenvalue weighted by Crippen LogP contribution is -2.12. The number of hydrogen-bond donors (Lipinski definition) is 1. The van der Waals surface area contributed by atoms with Gasteiger partial charge in [0.05, 0.1) is 36.3 Å². The van der Waals surface area contributed by atoms with Gasteiger partial charge in [0.2, 0.25) is 0 Å². The molecule has 21 heavy (non-hydrogen) atoms. The number of ether oxygens (including phenoxy) is 1. The molecular weight excluding hydrogens is 336 g/mol. The van der Waals surface area contributed by atoms with Crippen LogP contribution in [0.5, 0.6) is 5.75 Å². The number of benzene rings is 1. The van der Waals surface area contributed by atoms with Crippen LogP contribution in [0.1, 0.15) is 10.4 Å². The van der Waals surface area contributed by atoms with Gasteiger partial charge >= 0.3 is 0 Å². The average Bonchev–Trinajstić information content (AvgIpc) is 2.91. The molecule has 0 atom stereocenters. The lowest BCUT2D eigenvalue weighted by atomic mass is 10.2. The van der Waals surface area contributed by atoms with Crippen molar-refractivity contribution in [1.82, 2.24) is 14.6 Å². The van der Waals surface area contributed by atoms with Crippen molar-refractivity contribution >= 4 is 33.0 Å². The standard InChI is InChI=1S/C14H11BrN4O2/c1-21-13-3-2-9(15)6-11(13)18-14(20)10-7-17-19-5-4-16-8-12(10)19/h2-8H,1H3,(H,18,20). The Morgan fingerprint density at radius 1 is 1.38 bits per heavy atom. The second-order valence-electron chi connectivity index (χ2n) is 4.26. The van der Waals surface area contributed by atoms with Gasteiger partial charge in [-0.3, -0.25) is 9.78 Å². The van der Waals surface area contributed by atoms with Gasteiger partial charge in [0.25, 0.3) is 5.91 Å². The number of carbonyl (C=O) groups is 1. The van der Waals surface area contributed by atoms with Crippen LogP contribution in [0.4, 0.5) is 5.69 Å². The number of halogens is 1. The van der Waals surface area contributed by atoms with Gasteiger partial charge in [-0.1, -0.05) is 15.9 Å². The molecule has 2 heterocycles. The number of amides is 1. The van der Waals surface area contributed by atoms with E-state index in [9.17, 15) is 4.79 Å². The third-order valence-electron chi connectivity index (χ3n) is 2.98. The minimum Gasteiger partial charge on any atom is -0.495 e. The van der Waals surface area contributed by atoms with Gasteiger partial charge in [-0.15, -0.1) is 0 Å². The molecule has 106 valence electrons. The second-order valence-corrected chi connectivity index (χ2v) is 5.18. The maximum Gasteiger partial charge on any atom is 0.259 e. The van der Waals surface area contributed by atoms with Crippen LogP contribution in [0.25, 0.3) is 5.52 Å². The Morgan fingerprint density at radius 3 is 3.05 bits per heavy atom. The fraction of sp³-hybridized carbons (Fsp3) is 0.0714. The van der Waals surface area contributed by atoms with Crippen molar-refractivity contribution < 1.29 is 9.53 Å². The summed E-state index contributed by atoms with van der Waals surface area (Å²) in [7, 11) is 1.55. The first-order valence-electron chi connectivity index (χ1n) is 6.11. The van der Waals surface area contributed by atoms with Gasteiger partial charge in [0, 0.05) is 16.9 Å². The molecule has 0 unspecified atom stereocenters. The predicted molar refractivity (Wildman–Crippen MR) is 81.6 cm³/mol. The molecule has 0 aliphatic carbocycles. The van der Waals surface area contributed by atoms with Crippen LogP contribution < -0.4 is 10.1 Å². The van der Waals surface area contributed by atoms with Crippen LogP contribution in [-0.4, -0.2) is 27.6 Å². The highest BCUT2D eigenvalue weighted by Gasteiger charge is 2.15. The molecule has 2 aromatic heterocycles. The average molecular weight is 347 g/mol. The fourth-order valence-corrected chi connectivity index (χ4v) is 2.34. The van der Waals surface area contributed by atoms with E-state index in [1.54, 1.807) is 42.3 Å². The Labute approximate surface area is 128 Å². The summed E-state index contributed by atoms with van der Waals surface area (Å²) in [4.78, 5) is 16.4. The number of hydrogen-bond acceptors (Lipinski definition) is 4. The Balaban J connectivity index is 1.95. The molecule has 0 bridgehead atoms. The van der Waals surface area contributed by atoms with E-state index >= 15 is 0 Å². The van der Waals surface area contributed by atoms with Crippen LogP contribution in [-0.2, 0) is 0 Å². The summed E-state index contributed by atoms with van der Waals surface area (Å²) in [5.74, 6) is 0.315. The number of nitrogens with one attached hydrogen (secondary N) is 1. The van der Waals surface area contributed by atoms with Gasteiger partial charge < -0.3 is 10.1 Å². The van der Waals surface area contributed by atoms with Crippen molar-refractivity contribution in [1.29, 1.82) is 0 Å². The summed E-state index contributed by atoms with van der Waals surface area (Å²) in [5, 5.41) is 6.94. The lowest BCUT2D eigenvalue weighted by molar-refractivity contribution is 0.102. The molecule has 0 radical (unpaired) electrons. The highest BCUT2D eigenvalue weighted by atomic mass is 79.9. The molecule has 0 fully saturated rings. The van der Waals surface area contributed by atoms with Gasteiger partial charge in [0.15, 0.2) is 0 Å². The number of aromatic nitrogens is 3. The summed E-state index contributed by atoms with van der Waals surface area (Å²) in [5.41, 5.74) is 1.68. The van der Waals surface area contributed by atoms with Gasteiger partial charge in [-0.25, -0.2) is 4.52 Å². The summed E-state index contributed by atoms with van der Waals surface area (Å²) >= 11 is 3.37. The molecule has 3 rings (SSSR count). The highest BCUT2D eigenvalue weighted by molar-refractivity contribution is 9.10. The van der Waals surface area contributed by atoms with Crippen molar-refractivity contribution in [3.63, 3.8) is 0 Å². The Bertz CT molecular complexity index is 816. The van der Waals surface area contributed by atoms with Crippen LogP contribution in [0, 0.1) is 0 Å². The first-order valence-corrected chi connectivity index (χ1v) is 6.90. The number of fused-ring (bicyclic) bond motifs is 1. The highest BCUT2D eigenvalue weighted by Crippen LogP contribution is 2.28. The maximum atomic E-state index is 12.4.